The van der Waals surface area contributed by atoms with E-state index in [1.807, 2.05) is 25.1 Å². The number of hydrogen-bond acceptors (Lipinski definition) is 4. The third-order valence-electron chi connectivity index (χ3n) is 3.46. The number of nitrogens with zero attached hydrogens (tertiary/aromatic N) is 2. The zero-order valence-corrected chi connectivity index (χ0v) is 13.9. The molecule has 23 heavy (non-hydrogen) atoms. The zero-order valence-electron chi connectivity index (χ0n) is 13.1. The summed E-state index contributed by atoms with van der Waals surface area (Å²) in [5.41, 5.74) is 2.69. The average Bonchev–Trinajstić information content (AvgIpc) is 2.87. The van der Waals surface area contributed by atoms with E-state index in [1.54, 1.807) is 31.1 Å². The lowest BCUT2D eigenvalue weighted by atomic mass is 10.2. The van der Waals surface area contributed by atoms with Gasteiger partial charge in [0.1, 0.15) is 5.82 Å². The monoisotopic (exact) mass is 329 g/mol. The van der Waals surface area contributed by atoms with Crippen molar-refractivity contribution in [2.45, 2.75) is 6.92 Å². The van der Waals surface area contributed by atoms with E-state index in [1.165, 1.54) is 17.4 Å². The van der Waals surface area contributed by atoms with Crippen molar-refractivity contribution in [3.63, 3.8) is 0 Å². The molecule has 0 fully saturated rings. The second-order valence-electron chi connectivity index (χ2n) is 5.50. The molecule has 0 spiro atoms. The summed E-state index contributed by atoms with van der Waals surface area (Å²) in [7, 11) is 3.50. The van der Waals surface area contributed by atoms with Crippen molar-refractivity contribution in [2.75, 3.05) is 24.3 Å². The van der Waals surface area contributed by atoms with Crippen LogP contribution >= 0.6 is 11.3 Å². The van der Waals surface area contributed by atoms with Crippen molar-refractivity contribution in [1.82, 2.24) is 4.98 Å². The minimum absolute atomic E-state index is 0.267. The summed E-state index contributed by atoms with van der Waals surface area (Å²) in [6.45, 7) is 2.01. The second kappa shape index (κ2) is 5.96. The van der Waals surface area contributed by atoms with Gasteiger partial charge in [0.05, 0.1) is 15.9 Å². The van der Waals surface area contributed by atoms with E-state index >= 15 is 0 Å². The van der Waals surface area contributed by atoms with Crippen LogP contribution in [0.4, 0.5) is 15.2 Å². The van der Waals surface area contributed by atoms with Crippen LogP contribution in [0.2, 0.25) is 0 Å². The Morgan fingerprint density at radius 1 is 1.22 bits per heavy atom. The van der Waals surface area contributed by atoms with Crippen molar-refractivity contribution in [2.24, 2.45) is 0 Å². The SMILES string of the molecule is Cc1ccc2nc(NC(=O)c3ccc(N(C)C)c(F)c3)sc2c1. The number of amides is 1. The number of halogens is 1. The lowest BCUT2D eigenvalue weighted by Gasteiger charge is -2.13. The van der Waals surface area contributed by atoms with Gasteiger partial charge in [-0.15, -0.1) is 0 Å². The predicted octanol–water partition coefficient (Wildman–Crippen LogP) is 4.06. The molecule has 1 heterocycles. The normalized spacial score (nSPS) is 10.8. The topological polar surface area (TPSA) is 45.2 Å². The second-order valence-corrected chi connectivity index (χ2v) is 6.54. The van der Waals surface area contributed by atoms with Crippen LogP contribution in [0, 0.1) is 12.7 Å². The van der Waals surface area contributed by atoms with Crippen LogP contribution < -0.4 is 10.2 Å². The van der Waals surface area contributed by atoms with E-state index in [0.29, 0.717) is 10.8 Å². The van der Waals surface area contributed by atoms with Gasteiger partial charge in [-0.05, 0) is 42.8 Å². The molecular weight excluding hydrogens is 313 g/mol. The number of thiazole rings is 1. The van der Waals surface area contributed by atoms with Crippen molar-refractivity contribution in [3.8, 4) is 0 Å². The van der Waals surface area contributed by atoms with Gasteiger partial charge < -0.3 is 4.90 Å². The van der Waals surface area contributed by atoms with Crippen LogP contribution in [0.25, 0.3) is 10.2 Å². The molecule has 0 atom stereocenters. The molecule has 0 aliphatic rings. The number of nitrogens with one attached hydrogen (secondary N) is 1. The van der Waals surface area contributed by atoms with E-state index in [9.17, 15) is 9.18 Å². The highest BCUT2D eigenvalue weighted by Crippen LogP contribution is 2.27. The molecule has 4 nitrogen and oxygen atoms in total. The molecule has 0 aliphatic carbocycles. The van der Waals surface area contributed by atoms with E-state index < -0.39 is 5.82 Å². The number of carbonyl (C=O) groups is 1. The first kappa shape index (κ1) is 15.4. The van der Waals surface area contributed by atoms with E-state index in [4.69, 9.17) is 0 Å². The average molecular weight is 329 g/mol. The Morgan fingerprint density at radius 2 is 2.00 bits per heavy atom. The van der Waals surface area contributed by atoms with Crippen molar-refractivity contribution in [1.29, 1.82) is 0 Å². The molecule has 0 aliphatic heterocycles. The predicted molar refractivity (Wildman–Crippen MR) is 93.0 cm³/mol. The summed E-state index contributed by atoms with van der Waals surface area (Å²) < 4.78 is 15.0. The molecular formula is C17H16FN3OS. The number of rotatable bonds is 3. The number of benzene rings is 2. The Balaban J connectivity index is 1.84. The Morgan fingerprint density at radius 3 is 2.70 bits per heavy atom. The fourth-order valence-electron chi connectivity index (χ4n) is 2.27. The van der Waals surface area contributed by atoms with Crippen LogP contribution in [-0.4, -0.2) is 25.0 Å². The fourth-order valence-corrected chi connectivity index (χ4v) is 3.22. The molecule has 1 N–H and O–H groups in total. The standard InChI is InChI=1S/C17H16FN3OS/c1-10-4-6-13-15(8-10)23-17(19-13)20-16(22)11-5-7-14(21(2)3)12(18)9-11/h4-9H,1-3H3,(H,19,20,22). The molecule has 0 bridgehead atoms. The molecule has 3 rings (SSSR count). The summed E-state index contributed by atoms with van der Waals surface area (Å²) in [6.07, 6.45) is 0. The summed E-state index contributed by atoms with van der Waals surface area (Å²) >= 11 is 1.40. The van der Waals surface area contributed by atoms with Gasteiger partial charge in [-0.25, -0.2) is 9.37 Å². The fraction of sp³-hybridized carbons (Fsp3) is 0.176. The number of hydrogen-bond donors (Lipinski definition) is 1. The third-order valence-corrected chi connectivity index (χ3v) is 4.39. The Bertz CT molecular complexity index is 889. The van der Waals surface area contributed by atoms with Gasteiger partial charge in [0, 0.05) is 19.7 Å². The van der Waals surface area contributed by atoms with Crippen LogP contribution in [0.3, 0.4) is 0 Å². The highest BCUT2D eigenvalue weighted by molar-refractivity contribution is 7.22. The van der Waals surface area contributed by atoms with Crippen LogP contribution in [-0.2, 0) is 0 Å². The van der Waals surface area contributed by atoms with Crippen molar-refractivity contribution < 1.29 is 9.18 Å². The number of fused-ring (bicyclic) bond motifs is 1. The minimum atomic E-state index is -0.428. The van der Waals surface area contributed by atoms with Crippen LogP contribution in [0.15, 0.2) is 36.4 Å². The molecule has 118 valence electrons. The Hall–Kier alpha value is -2.47. The van der Waals surface area contributed by atoms with Gasteiger partial charge in [-0.1, -0.05) is 17.4 Å². The third kappa shape index (κ3) is 3.17. The molecule has 1 aromatic heterocycles. The number of aromatic nitrogens is 1. The van der Waals surface area contributed by atoms with E-state index in [2.05, 4.69) is 10.3 Å². The lowest BCUT2D eigenvalue weighted by Crippen LogP contribution is -2.14. The molecule has 1 amide bonds. The highest BCUT2D eigenvalue weighted by atomic mass is 32.1. The van der Waals surface area contributed by atoms with Crippen LogP contribution in [0.5, 0.6) is 0 Å². The quantitative estimate of drug-likeness (QED) is 0.788. The maximum atomic E-state index is 14.0. The molecule has 0 saturated heterocycles. The van der Waals surface area contributed by atoms with Gasteiger partial charge >= 0.3 is 0 Å². The van der Waals surface area contributed by atoms with Crippen molar-refractivity contribution in [3.05, 3.63) is 53.3 Å². The summed E-state index contributed by atoms with van der Waals surface area (Å²) in [5, 5.41) is 3.24. The molecule has 0 unspecified atom stereocenters. The number of aryl methyl sites for hydroxylation is 1. The van der Waals surface area contributed by atoms with E-state index in [-0.39, 0.29) is 11.5 Å². The number of carbonyl (C=O) groups excluding carboxylic acids is 1. The first-order valence-electron chi connectivity index (χ1n) is 7.09. The van der Waals surface area contributed by atoms with Gasteiger partial charge in [-0.2, -0.15) is 0 Å². The van der Waals surface area contributed by atoms with Crippen molar-refractivity contribution >= 4 is 38.3 Å². The van der Waals surface area contributed by atoms with Gasteiger partial charge in [-0.3, -0.25) is 10.1 Å². The molecule has 3 aromatic rings. The summed E-state index contributed by atoms with van der Waals surface area (Å²) in [4.78, 5) is 18.3. The summed E-state index contributed by atoms with van der Waals surface area (Å²) in [6, 6.07) is 10.3. The smallest absolute Gasteiger partial charge is 0.257 e. The molecule has 0 saturated carbocycles. The Labute approximate surface area is 137 Å². The van der Waals surface area contributed by atoms with Crippen LogP contribution in [0.1, 0.15) is 15.9 Å². The maximum absolute atomic E-state index is 14.0. The minimum Gasteiger partial charge on any atom is -0.375 e. The molecule has 0 radical (unpaired) electrons. The highest BCUT2D eigenvalue weighted by Gasteiger charge is 2.13. The van der Waals surface area contributed by atoms with Gasteiger partial charge in [0.25, 0.3) is 5.91 Å². The van der Waals surface area contributed by atoms with Gasteiger partial charge in [0.15, 0.2) is 5.13 Å². The van der Waals surface area contributed by atoms with E-state index in [0.717, 1.165) is 15.8 Å². The number of anilines is 2. The largest absolute Gasteiger partial charge is 0.375 e. The zero-order chi connectivity index (χ0) is 16.6. The van der Waals surface area contributed by atoms with Gasteiger partial charge in [0.2, 0.25) is 0 Å². The first-order chi connectivity index (χ1) is 10.9. The Kier molecular flexibility index (Phi) is 4.00. The first-order valence-corrected chi connectivity index (χ1v) is 7.91. The molecule has 6 heteroatoms. The summed E-state index contributed by atoms with van der Waals surface area (Å²) in [5.74, 6) is -0.799. The lowest BCUT2D eigenvalue weighted by molar-refractivity contribution is 0.102. The molecule has 2 aromatic carbocycles. The maximum Gasteiger partial charge on any atom is 0.257 e.